The number of carbonyl (C=O) groups is 1. The van der Waals surface area contributed by atoms with Crippen LogP contribution in [-0.2, 0) is 0 Å². The number of benzene rings is 2. The minimum Gasteiger partial charge on any atom is -0.322 e. The van der Waals surface area contributed by atoms with Gasteiger partial charge in [-0.2, -0.15) is 0 Å². The van der Waals surface area contributed by atoms with Crippen molar-refractivity contribution in [2.75, 3.05) is 5.32 Å². The van der Waals surface area contributed by atoms with Crippen LogP contribution >= 0.6 is 11.8 Å². The van der Waals surface area contributed by atoms with Crippen LogP contribution in [0.3, 0.4) is 0 Å². The second kappa shape index (κ2) is 8.38. The molecule has 0 radical (unpaired) electrons. The van der Waals surface area contributed by atoms with E-state index in [-0.39, 0.29) is 5.69 Å². The summed E-state index contributed by atoms with van der Waals surface area (Å²) >= 11 is 1.79. The van der Waals surface area contributed by atoms with Gasteiger partial charge in [0.15, 0.2) is 17.5 Å². The summed E-state index contributed by atoms with van der Waals surface area (Å²) < 4.78 is 39.7. The smallest absolute Gasteiger partial charge is 0.255 e. The van der Waals surface area contributed by atoms with Gasteiger partial charge in [0.2, 0.25) is 0 Å². The molecule has 1 saturated carbocycles. The predicted molar refractivity (Wildman–Crippen MR) is 103 cm³/mol. The van der Waals surface area contributed by atoms with Gasteiger partial charge < -0.3 is 5.32 Å². The molecule has 0 heterocycles. The molecule has 27 heavy (non-hydrogen) atoms. The highest BCUT2D eigenvalue weighted by Crippen LogP contribution is 2.37. The molecule has 0 saturated heterocycles. The maximum atomic E-state index is 13.3. The van der Waals surface area contributed by atoms with Gasteiger partial charge in [0.05, 0.1) is 0 Å². The van der Waals surface area contributed by atoms with Crippen molar-refractivity contribution >= 4 is 23.4 Å². The highest BCUT2D eigenvalue weighted by Gasteiger charge is 2.20. The van der Waals surface area contributed by atoms with Gasteiger partial charge in [0.1, 0.15) is 0 Å². The molecule has 6 heteroatoms. The Labute approximate surface area is 161 Å². The summed E-state index contributed by atoms with van der Waals surface area (Å²) in [5.74, 6) is -3.94. The summed E-state index contributed by atoms with van der Waals surface area (Å²) in [4.78, 5) is 13.5. The Bertz CT molecular complexity index is 824. The zero-order chi connectivity index (χ0) is 19.6. The molecule has 144 valence electrons. The predicted octanol–water partition coefficient (Wildman–Crippen LogP) is 6.34. The van der Waals surface area contributed by atoms with Crippen molar-refractivity contribution in [1.82, 2.24) is 0 Å². The summed E-state index contributed by atoms with van der Waals surface area (Å²) in [6.45, 7) is 4.28. The first-order valence-corrected chi connectivity index (χ1v) is 9.94. The van der Waals surface area contributed by atoms with E-state index in [1.807, 2.05) is 19.1 Å². The fourth-order valence-electron chi connectivity index (χ4n) is 3.23. The highest BCUT2D eigenvalue weighted by molar-refractivity contribution is 8.00. The molecule has 0 bridgehead atoms. The van der Waals surface area contributed by atoms with E-state index in [9.17, 15) is 18.0 Å². The van der Waals surface area contributed by atoms with Crippen molar-refractivity contribution < 1.29 is 18.0 Å². The van der Waals surface area contributed by atoms with Crippen LogP contribution < -0.4 is 5.32 Å². The lowest BCUT2D eigenvalue weighted by Gasteiger charge is -2.26. The van der Waals surface area contributed by atoms with Gasteiger partial charge in [0.25, 0.3) is 5.91 Å². The van der Waals surface area contributed by atoms with E-state index in [1.165, 1.54) is 12.8 Å². The van der Waals surface area contributed by atoms with Crippen LogP contribution in [0.15, 0.2) is 35.2 Å². The van der Waals surface area contributed by atoms with E-state index >= 15 is 0 Å². The second-order valence-electron chi connectivity index (χ2n) is 7.19. The van der Waals surface area contributed by atoms with E-state index in [2.05, 4.69) is 12.2 Å². The van der Waals surface area contributed by atoms with Gasteiger partial charge in [0, 0.05) is 33.5 Å². The number of amides is 1. The third-order valence-electron chi connectivity index (χ3n) is 4.95. The minimum absolute atomic E-state index is 0.118. The standard InChI is InChI=1S/C21H22F3NOS/c1-12-3-7-16(8-4-12)27-19-9-14(6-5-13(19)2)21(26)25-15-10-17(22)20(24)18(23)11-15/h5-6,9-12,16H,3-4,7-8H2,1-2H3,(H,25,26). The van der Waals surface area contributed by atoms with Crippen LogP contribution in [0.25, 0.3) is 0 Å². The van der Waals surface area contributed by atoms with Gasteiger partial charge in [-0.1, -0.05) is 13.0 Å². The molecule has 2 nitrogen and oxygen atoms in total. The first kappa shape index (κ1) is 19.8. The van der Waals surface area contributed by atoms with Crippen LogP contribution in [-0.4, -0.2) is 11.2 Å². The number of thioether (sulfide) groups is 1. The fraction of sp³-hybridized carbons (Fsp3) is 0.381. The van der Waals surface area contributed by atoms with Crippen molar-refractivity contribution in [1.29, 1.82) is 0 Å². The Balaban J connectivity index is 1.74. The number of halogens is 3. The monoisotopic (exact) mass is 393 g/mol. The topological polar surface area (TPSA) is 29.1 Å². The number of aryl methyl sites for hydroxylation is 1. The molecule has 1 aliphatic rings. The average Bonchev–Trinajstić information content (AvgIpc) is 2.63. The van der Waals surface area contributed by atoms with Crippen LogP contribution in [0.5, 0.6) is 0 Å². The van der Waals surface area contributed by atoms with Crippen LogP contribution in [0.4, 0.5) is 18.9 Å². The van der Waals surface area contributed by atoms with Crippen molar-refractivity contribution in [3.8, 4) is 0 Å². The summed E-state index contributed by atoms with van der Waals surface area (Å²) in [5, 5.41) is 2.97. The van der Waals surface area contributed by atoms with E-state index in [4.69, 9.17) is 0 Å². The average molecular weight is 393 g/mol. The Morgan fingerprint density at radius 1 is 1.04 bits per heavy atom. The molecule has 1 fully saturated rings. The van der Waals surface area contributed by atoms with Crippen LogP contribution in [0.2, 0.25) is 0 Å². The maximum absolute atomic E-state index is 13.3. The van der Waals surface area contributed by atoms with E-state index in [1.54, 1.807) is 17.8 Å². The lowest BCUT2D eigenvalue weighted by atomic mass is 9.91. The third-order valence-corrected chi connectivity index (χ3v) is 6.45. The summed E-state index contributed by atoms with van der Waals surface area (Å²) in [7, 11) is 0. The van der Waals surface area contributed by atoms with E-state index < -0.39 is 23.4 Å². The first-order chi connectivity index (χ1) is 12.8. The molecule has 1 aliphatic carbocycles. The molecule has 2 aromatic rings. The number of anilines is 1. The summed E-state index contributed by atoms with van der Waals surface area (Å²) in [5.41, 5.74) is 1.37. The molecule has 0 aliphatic heterocycles. The molecule has 1 N–H and O–H groups in total. The Morgan fingerprint density at radius 2 is 1.67 bits per heavy atom. The zero-order valence-corrected chi connectivity index (χ0v) is 16.1. The molecule has 1 amide bonds. The SMILES string of the molecule is Cc1ccc(C(=O)Nc2cc(F)c(F)c(F)c2)cc1SC1CCC(C)CC1. The largest absolute Gasteiger partial charge is 0.322 e. The maximum Gasteiger partial charge on any atom is 0.255 e. The van der Waals surface area contributed by atoms with Crippen LogP contribution in [0, 0.1) is 30.3 Å². The highest BCUT2D eigenvalue weighted by atomic mass is 32.2. The Kier molecular flexibility index (Phi) is 6.15. The first-order valence-electron chi connectivity index (χ1n) is 9.06. The molecule has 0 unspecified atom stereocenters. The Morgan fingerprint density at radius 3 is 2.30 bits per heavy atom. The molecule has 0 atom stereocenters. The summed E-state index contributed by atoms with van der Waals surface area (Å²) in [6.07, 6.45) is 4.77. The molecule has 0 aromatic heterocycles. The minimum atomic E-state index is -1.55. The molecule has 2 aromatic carbocycles. The fourth-order valence-corrected chi connectivity index (χ4v) is 4.54. The van der Waals surface area contributed by atoms with Gasteiger partial charge in [-0.15, -0.1) is 11.8 Å². The van der Waals surface area contributed by atoms with Crippen molar-refractivity contribution in [3.05, 3.63) is 58.9 Å². The molecular formula is C21H22F3NOS. The number of rotatable bonds is 4. The zero-order valence-electron chi connectivity index (χ0n) is 15.3. The van der Waals surface area contributed by atoms with Crippen molar-refractivity contribution in [2.24, 2.45) is 5.92 Å². The van der Waals surface area contributed by atoms with Crippen molar-refractivity contribution in [2.45, 2.75) is 49.7 Å². The lowest BCUT2D eigenvalue weighted by molar-refractivity contribution is 0.102. The van der Waals surface area contributed by atoms with Crippen molar-refractivity contribution in [3.63, 3.8) is 0 Å². The number of carbonyl (C=O) groups excluding carboxylic acids is 1. The van der Waals surface area contributed by atoms with Gasteiger partial charge in [-0.3, -0.25) is 4.79 Å². The molecule has 3 rings (SSSR count). The Hall–Kier alpha value is -1.95. The third kappa shape index (κ3) is 4.86. The van der Waals surface area contributed by atoms with Gasteiger partial charge >= 0.3 is 0 Å². The molecular weight excluding hydrogens is 371 g/mol. The van der Waals surface area contributed by atoms with Gasteiger partial charge in [-0.05, 0) is 56.2 Å². The second-order valence-corrected chi connectivity index (χ2v) is 8.53. The molecule has 0 spiro atoms. The quantitative estimate of drug-likeness (QED) is 0.615. The number of nitrogens with one attached hydrogen (secondary N) is 1. The van der Waals surface area contributed by atoms with E-state index in [0.29, 0.717) is 10.8 Å². The normalized spacial score (nSPS) is 19.7. The number of hydrogen-bond donors (Lipinski definition) is 1. The van der Waals surface area contributed by atoms with Crippen LogP contribution in [0.1, 0.15) is 48.5 Å². The summed E-state index contributed by atoms with van der Waals surface area (Å²) in [6, 6.07) is 6.89. The van der Waals surface area contributed by atoms with E-state index in [0.717, 1.165) is 41.4 Å². The lowest BCUT2D eigenvalue weighted by Crippen LogP contribution is -2.15. The van der Waals surface area contributed by atoms with Gasteiger partial charge in [-0.25, -0.2) is 13.2 Å². The number of hydrogen-bond acceptors (Lipinski definition) is 2.